The molecule has 0 spiro atoms. The van der Waals surface area contributed by atoms with Gasteiger partial charge in [0.05, 0.1) is 12.8 Å². The number of piperidine rings is 1. The highest BCUT2D eigenvalue weighted by Crippen LogP contribution is 2.29. The van der Waals surface area contributed by atoms with Gasteiger partial charge in [0.1, 0.15) is 5.75 Å². The van der Waals surface area contributed by atoms with Crippen LogP contribution in [0.5, 0.6) is 5.75 Å². The highest BCUT2D eigenvalue weighted by Gasteiger charge is 2.24. The number of nitrogens with one attached hydrogen (secondary N) is 1. The van der Waals surface area contributed by atoms with E-state index < -0.39 is 0 Å². The van der Waals surface area contributed by atoms with Crippen LogP contribution in [0.15, 0.2) is 24.3 Å². The van der Waals surface area contributed by atoms with Gasteiger partial charge in [0.25, 0.3) is 0 Å². The molecule has 1 aromatic rings. The second-order valence-electron chi connectivity index (χ2n) is 5.91. The highest BCUT2D eigenvalue weighted by molar-refractivity contribution is 5.94. The second-order valence-corrected chi connectivity index (χ2v) is 5.91. The monoisotopic (exact) mass is 290 g/mol. The summed E-state index contributed by atoms with van der Waals surface area (Å²) in [5, 5.41) is 3.42. The molecule has 1 aliphatic heterocycles. The van der Waals surface area contributed by atoms with Crippen molar-refractivity contribution in [3.8, 4) is 5.75 Å². The van der Waals surface area contributed by atoms with Crippen LogP contribution in [0.3, 0.4) is 0 Å². The average Bonchev–Trinajstić information content (AvgIpc) is 2.54. The second kappa shape index (κ2) is 7.46. The number of methoxy groups -OCH3 is 1. The number of carbonyl (C=O) groups excluding carboxylic acids is 1. The van der Waals surface area contributed by atoms with Crippen molar-refractivity contribution < 1.29 is 9.53 Å². The van der Waals surface area contributed by atoms with Crippen LogP contribution >= 0.6 is 0 Å². The van der Waals surface area contributed by atoms with Crippen molar-refractivity contribution in [2.75, 3.05) is 32.1 Å². The number of ether oxygens (including phenoxy) is 1. The summed E-state index contributed by atoms with van der Waals surface area (Å²) in [5.74, 6) is 1.90. The molecule has 2 rings (SSSR count). The molecule has 1 aliphatic rings. The number of para-hydroxylation sites is 2. The summed E-state index contributed by atoms with van der Waals surface area (Å²) >= 11 is 0. The predicted octanol–water partition coefficient (Wildman–Crippen LogP) is 2.68. The summed E-state index contributed by atoms with van der Waals surface area (Å²) in [7, 11) is 3.46. The normalized spacial score (nSPS) is 19.9. The van der Waals surface area contributed by atoms with E-state index in [0.29, 0.717) is 18.3 Å². The summed E-state index contributed by atoms with van der Waals surface area (Å²) in [6.07, 6.45) is 3.02. The van der Waals surface area contributed by atoms with Crippen LogP contribution in [0.25, 0.3) is 0 Å². The van der Waals surface area contributed by atoms with Gasteiger partial charge in [0.15, 0.2) is 0 Å². The molecular weight excluding hydrogens is 264 g/mol. The van der Waals surface area contributed by atoms with Crippen molar-refractivity contribution in [2.45, 2.75) is 26.2 Å². The first-order valence-electron chi connectivity index (χ1n) is 7.73. The fourth-order valence-electron chi connectivity index (χ4n) is 2.98. The molecule has 0 radical (unpaired) electrons. The number of carbonyl (C=O) groups is 1. The maximum absolute atomic E-state index is 12.5. The summed E-state index contributed by atoms with van der Waals surface area (Å²) in [6.45, 7) is 4.33. The molecule has 0 aliphatic carbocycles. The zero-order valence-electron chi connectivity index (χ0n) is 13.3. The van der Waals surface area contributed by atoms with E-state index in [1.807, 2.05) is 31.3 Å². The van der Waals surface area contributed by atoms with Gasteiger partial charge in [-0.1, -0.05) is 19.1 Å². The van der Waals surface area contributed by atoms with E-state index in [0.717, 1.165) is 24.5 Å². The molecule has 116 valence electrons. The minimum Gasteiger partial charge on any atom is -0.495 e. The first kappa shape index (κ1) is 15.8. The third-order valence-electron chi connectivity index (χ3n) is 4.46. The lowest BCUT2D eigenvalue weighted by atomic mass is 9.85. The Morgan fingerprint density at radius 1 is 1.48 bits per heavy atom. The van der Waals surface area contributed by atoms with Crippen molar-refractivity contribution in [1.82, 2.24) is 5.32 Å². The molecule has 2 atom stereocenters. The van der Waals surface area contributed by atoms with E-state index in [4.69, 9.17) is 4.74 Å². The molecule has 4 heteroatoms. The lowest BCUT2D eigenvalue weighted by Crippen LogP contribution is -2.36. The molecule has 1 heterocycles. The average molecular weight is 290 g/mol. The number of anilines is 1. The lowest BCUT2D eigenvalue weighted by molar-refractivity contribution is -0.119. The Morgan fingerprint density at radius 3 is 2.90 bits per heavy atom. The highest BCUT2D eigenvalue weighted by atomic mass is 16.5. The SMILES string of the molecule is COc1ccccc1N(C)C(=O)CC(C)C1CCCNC1. The third-order valence-corrected chi connectivity index (χ3v) is 4.46. The number of nitrogens with zero attached hydrogens (tertiary/aromatic N) is 1. The van der Waals surface area contributed by atoms with Crippen LogP contribution in [0.4, 0.5) is 5.69 Å². The lowest BCUT2D eigenvalue weighted by Gasteiger charge is -2.29. The molecule has 0 saturated carbocycles. The van der Waals surface area contributed by atoms with Crippen LogP contribution in [0.2, 0.25) is 0 Å². The zero-order chi connectivity index (χ0) is 15.2. The van der Waals surface area contributed by atoms with Crippen LogP contribution in [-0.2, 0) is 4.79 Å². The summed E-state index contributed by atoms with van der Waals surface area (Å²) in [5.41, 5.74) is 0.832. The van der Waals surface area contributed by atoms with Crippen molar-refractivity contribution in [2.24, 2.45) is 11.8 Å². The molecule has 1 aromatic carbocycles. The molecule has 0 bridgehead atoms. The molecule has 0 aromatic heterocycles. The predicted molar refractivity (Wildman–Crippen MR) is 85.8 cm³/mol. The molecule has 21 heavy (non-hydrogen) atoms. The Hall–Kier alpha value is -1.55. The van der Waals surface area contributed by atoms with Gasteiger partial charge in [-0.3, -0.25) is 4.79 Å². The van der Waals surface area contributed by atoms with Crippen LogP contribution in [-0.4, -0.2) is 33.2 Å². The summed E-state index contributed by atoms with van der Waals surface area (Å²) in [6, 6.07) is 7.64. The van der Waals surface area contributed by atoms with Gasteiger partial charge in [0, 0.05) is 13.5 Å². The van der Waals surface area contributed by atoms with Crippen LogP contribution in [0, 0.1) is 11.8 Å². The molecule has 4 nitrogen and oxygen atoms in total. The van der Waals surface area contributed by atoms with Gasteiger partial charge < -0.3 is 15.0 Å². The number of rotatable bonds is 5. The minimum absolute atomic E-state index is 0.151. The molecule has 1 fully saturated rings. The first-order valence-corrected chi connectivity index (χ1v) is 7.73. The number of hydrogen-bond donors (Lipinski definition) is 1. The van der Waals surface area contributed by atoms with Gasteiger partial charge in [-0.25, -0.2) is 0 Å². The Kier molecular flexibility index (Phi) is 5.62. The molecule has 2 unspecified atom stereocenters. The Balaban J connectivity index is 1.98. The van der Waals surface area contributed by atoms with E-state index in [2.05, 4.69) is 12.2 Å². The molecule has 1 saturated heterocycles. The molecular formula is C17H26N2O2. The van der Waals surface area contributed by atoms with Crippen molar-refractivity contribution in [3.05, 3.63) is 24.3 Å². The fourth-order valence-corrected chi connectivity index (χ4v) is 2.98. The maximum Gasteiger partial charge on any atom is 0.227 e. The van der Waals surface area contributed by atoms with Crippen molar-refractivity contribution in [3.63, 3.8) is 0 Å². The van der Waals surface area contributed by atoms with Crippen molar-refractivity contribution in [1.29, 1.82) is 0 Å². The largest absolute Gasteiger partial charge is 0.495 e. The van der Waals surface area contributed by atoms with E-state index in [1.54, 1.807) is 12.0 Å². The van der Waals surface area contributed by atoms with Crippen molar-refractivity contribution >= 4 is 11.6 Å². The topological polar surface area (TPSA) is 41.6 Å². The summed E-state index contributed by atoms with van der Waals surface area (Å²) < 4.78 is 5.33. The number of hydrogen-bond acceptors (Lipinski definition) is 3. The zero-order valence-corrected chi connectivity index (χ0v) is 13.3. The van der Waals surface area contributed by atoms with E-state index in [1.165, 1.54) is 12.8 Å². The van der Waals surface area contributed by atoms with Gasteiger partial charge in [-0.2, -0.15) is 0 Å². The van der Waals surface area contributed by atoms with E-state index >= 15 is 0 Å². The Bertz CT molecular complexity index is 470. The maximum atomic E-state index is 12.5. The molecule has 1 amide bonds. The number of amides is 1. The fraction of sp³-hybridized carbons (Fsp3) is 0.588. The van der Waals surface area contributed by atoms with Crippen LogP contribution in [0.1, 0.15) is 26.2 Å². The standard InChI is InChI=1S/C17H26N2O2/c1-13(14-7-6-10-18-12-14)11-17(20)19(2)15-8-4-5-9-16(15)21-3/h4-5,8-9,13-14,18H,6-7,10-12H2,1-3H3. The Morgan fingerprint density at radius 2 is 2.24 bits per heavy atom. The number of benzene rings is 1. The quantitative estimate of drug-likeness (QED) is 0.906. The Labute approximate surface area is 127 Å². The van der Waals surface area contributed by atoms with E-state index in [9.17, 15) is 4.79 Å². The third kappa shape index (κ3) is 3.97. The van der Waals surface area contributed by atoms with Gasteiger partial charge >= 0.3 is 0 Å². The summed E-state index contributed by atoms with van der Waals surface area (Å²) in [4.78, 5) is 14.2. The minimum atomic E-state index is 0.151. The molecule has 1 N–H and O–H groups in total. The van der Waals surface area contributed by atoms with E-state index in [-0.39, 0.29) is 5.91 Å². The van der Waals surface area contributed by atoms with Gasteiger partial charge in [-0.15, -0.1) is 0 Å². The van der Waals surface area contributed by atoms with Gasteiger partial charge in [-0.05, 0) is 49.9 Å². The van der Waals surface area contributed by atoms with Crippen LogP contribution < -0.4 is 15.0 Å². The van der Waals surface area contributed by atoms with Gasteiger partial charge in [0.2, 0.25) is 5.91 Å². The first-order chi connectivity index (χ1) is 10.1. The smallest absolute Gasteiger partial charge is 0.227 e.